The first-order valence-corrected chi connectivity index (χ1v) is 7.00. The lowest BCUT2D eigenvalue weighted by atomic mass is 9.85. The van der Waals surface area contributed by atoms with Crippen molar-refractivity contribution < 1.29 is 4.74 Å². The molecule has 20 heavy (non-hydrogen) atoms. The Hall–Kier alpha value is -1.68. The van der Waals surface area contributed by atoms with Crippen LogP contribution in [0.4, 0.5) is 0 Å². The van der Waals surface area contributed by atoms with Crippen molar-refractivity contribution >= 4 is 0 Å². The van der Waals surface area contributed by atoms with E-state index in [2.05, 4.69) is 54.0 Å². The van der Waals surface area contributed by atoms with E-state index >= 15 is 0 Å². The van der Waals surface area contributed by atoms with Gasteiger partial charge >= 0.3 is 0 Å². The normalized spacial score (nSPS) is 12.6. The highest BCUT2D eigenvalue weighted by Gasteiger charge is 2.23. The topological polar surface area (TPSA) is 47.3 Å². The lowest BCUT2D eigenvalue weighted by Gasteiger charge is -2.27. The highest BCUT2D eigenvalue weighted by atomic mass is 16.5. The molecule has 0 amide bonds. The molecule has 106 valence electrons. The minimum Gasteiger partial charge on any atom is -0.380 e. The van der Waals surface area contributed by atoms with Gasteiger partial charge in [0.25, 0.3) is 0 Å². The van der Waals surface area contributed by atoms with Crippen LogP contribution in [-0.2, 0) is 4.74 Å². The first kappa shape index (κ1) is 14.7. The van der Waals surface area contributed by atoms with Crippen LogP contribution in [0.3, 0.4) is 0 Å². The Bertz CT molecular complexity index is 447. The van der Waals surface area contributed by atoms with Crippen LogP contribution >= 0.6 is 0 Å². The maximum Gasteiger partial charge on any atom is 0.0642 e. The average Bonchev–Trinajstić information content (AvgIpc) is 2.53. The molecule has 3 heteroatoms. The van der Waals surface area contributed by atoms with Crippen LogP contribution < -0.4 is 11.3 Å². The zero-order valence-electron chi connectivity index (χ0n) is 11.8. The molecule has 0 spiro atoms. The molecule has 0 aliphatic heterocycles. The zero-order chi connectivity index (χ0) is 14.2. The molecule has 1 atom stereocenters. The van der Waals surface area contributed by atoms with E-state index in [0.29, 0.717) is 13.2 Å². The van der Waals surface area contributed by atoms with Crippen molar-refractivity contribution in [3.8, 4) is 0 Å². The molecule has 0 heterocycles. The number of benzene rings is 2. The van der Waals surface area contributed by atoms with E-state index in [0.717, 1.165) is 0 Å². The molecule has 3 N–H and O–H groups in total. The largest absolute Gasteiger partial charge is 0.380 e. The summed E-state index contributed by atoms with van der Waals surface area (Å²) in [4.78, 5) is 0. The van der Waals surface area contributed by atoms with Crippen molar-refractivity contribution in [1.82, 2.24) is 5.43 Å². The minimum absolute atomic E-state index is 0.0414. The molecule has 3 nitrogen and oxygen atoms in total. The lowest BCUT2D eigenvalue weighted by Crippen LogP contribution is -2.43. The number of hydrazine groups is 1. The van der Waals surface area contributed by atoms with E-state index in [1.54, 1.807) is 0 Å². The lowest BCUT2D eigenvalue weighted by molar-refractivity contribution is 0.118. The molecular weight excluding hydrogens is 248 g/mol. The Balaban J connectivity index is 2.33. The predicted molar refractivity (Wildman–Crippen MR) is 82.3 cm³/mol. The monoisotopic (exact) mass is 270 g/mol. The molecule has 2 rings (SSSR count). The third kappa shape index (κ3) is 3.67. The standard InChI is InChI=1S/C17H22N2O/c1-2-20-13-16(19-18)17(14-9-5-3-6-10-14)15-11-7-4-8-12-15/h3-12,16-17,19H,2,13,18H2,1H3. The van der Waals surface area contributed by atoms with Gasteiger partial charge in [-0.1, -0.05) is 60.7 Å². The molecule has 0 aliphatic carbocycles. The molecule has 1 unspecified atom stereocenters. The van der Waals surface area contributed by atoms with Gasteiger partial charge in [-0.05, 0) is 18.1 Å². The molecule has 0 radical (unpaired) electrons. The summed E-state index contributed by atoms with van der Waals surface area (Å²) >= 11 is 0. The summed E-state index contributed by atoms with van der Waals surface area (Å²) in [6.45, 7) is 3.27. The van der Waals surface area contributed by atoms with Crippen molar-refractivity contribution in [2.24, 2.45) is 5.84 Å². The summed E-state index contributed by atoms with van der Waals surface area (Å²) in [6, 6.07) is 20.8. The second-order valence-electron chi connectivity index (χ2n) is 4.73. The smallest absolute Gasteiger partial charge is 0.0642 e. The van der Waals surface area contributed by atoms with E-state index in [4.69, 9.17) is 10.6 Å². The summed E-state index contributed by atoms with van der Waals surface area (Å²) in [5.74, 6) is 5.93. The van der Waals surface area contributed by atoms with Gasteiger partial charge in [-0.3, -0.25) is 11.3 Å². The third-order valence-corrected chi connectivity index (χ3v) is 3.44. The van der Waals surface area contributed by atoms with Crippen molar-refractivity contribution in [2.45, 2.75) is 18.9 Å². The Morgan fingerprint density at radius 3 is 1.85 bits per heavy atom. The Morgan fingerprint density at radius 1 is 0.950 bits per heavy atom. The molecule has 0 saturated carbocycles. The van der Waals surface area contributed by atoms with Gasteiger partial charge in [0, 0.05) is 12.5 Å². The summed E-state index contributed by atoms with van der Waals surface area (Å²) in [7, 11) is 0. The Kier molecular flexibility index (Phi) is 5.74. The summed E-state index contributed by atoms with van der Waals surface area (Å²) in [5, 5.41) is 0. The number of hydrogen-bond donors (Lipinski definition) is 2. The molecule has 2 aromatic rings. The van der Waals surface area contributed by atoms with Crippen LogP contribution in [0.15, 0.2) is 60.7 Å². The molecule has 2 aromatic carbocycles. The number of rotatable bonds is 7. The third-order valence-electron chi connectivity index (χ3n) is 3.44. The summed E-state index contributed by atoms with van der Waals surface area (Å²) < 4.78 is 5.57. The van der Waals surface area contributed by atoms with E-state index in [-0.39, 0.29) is 12.0 Å². The maximum absolute atomic E-state index is 5.76. The predicted octanol–water partition coefficient (Wildman–Crippen LogP) is 2.69. The summed E-state index contributed by atoms with van der Waals surface area (Å²) in [6.07, 6.45) is 0. The molecule has 0 aliphatic rings. The molecule has 0 saturated heterocycles. The fraction of sp³-hybridized carbons (Fsp3) is 0.294. The number of nitrogens with two attached hydrogens (primary N) is 1. The van der Waals surface area contributed by atoms with Crippen LogP contribution in [0.1, 0.15) is 24.0 Å². The number of ether oxygens (including phenoxy) is 1. The van der Waals surface area contributed by atoms with E-state index in [9.17, 15) is 0 Å². The first-order chi connectivity index (χ1) is 9.86. The van der Waals surface area contributed by atoms with Gasteiger partial charge in [-0.2, -0.15) is 0 Å². The van der Waals surface area contributed by atoms with Gasteiger partial charge in [-0.15, -0.1) is 0 Å². The fourth-order valence-electron chi connectivity index (χ4n) is 2.46. The van der Waals surface area contributed by atoms with Gasteiger partial charge in [0.15, 0.2) is 0 Å². The second-order valence-corrected chi connectivity index (χ2v) is 4.73. The second kappa shape index (κ2) is 7.80. The molecule has 0 fully saturated rings. The SMILES string of the molecule is CCOCC(NN)C(c1ccccc1)c1ccccc1. The quantitative estimate of drug-likeness (QED) is 0.600. The minimum atomic E-state index is 0.0414. The van der Waals surface area contributed by atoms with Gasteiger partial charge in [0.05, 0.1) is 12.6 Å². The van der Waals surface area contributed by atoms with Crippen LogP contribution in [0.5, 0.6) is 0 Å². The average molecular weight is 270 g/mol. The molecular formula is C17H22N2O. The van der Waals surface area contributed by atoms with Crippen LogP contribution in [0, 0.1) is 0 Å². The number of hydrogen-bond acceptors (Lipinski definition) is 3. The number of nitrogens with one attached hydrogen (secondary N) is 1. The van der Waals surface area contributed by atoms with E-state index in [1.807, 2.05) is 19.1 Å². The maximum atomic E-state index is 5.76. The van der Waals surface area contributed by atoms with Crippen LogP contribution in [-0.4, -0.2) is 19.3 Å². The van der Waals surface area contributed by atoms with E-state index < -0.39 is 0 Å². The Morgan fingerprint density at radius 2 is 1.45 bits per heavy atom. The van der Waals surface area contributed by atoms with Crippen LogP contribution in [0.25, 0.3) is 0 Å². The van der Waals surface area contributed by atoms with Crippen molar-refractivity contribution in [3.63, 3.8) is 0 Å². The highest BCUT2D eigenvalue weighted by Crippen LogP contribution is 2.27. The summed E-state index contributed by atoms with van der Waals surface area (Å²) in [5.41, 5.74) is 5.38. The van der Waals surface area contributed by atoms with Crippen molar-refractivity contribution in [3.05, 3.63) is 71.8 Å². The van der Waals surface area contributed by atoms with Crippen LogP contribution in [0.2, 0.25) is 0 Å². The van der Waals surface area contributed by atoms with Gasteiger partial charge in [0.2, 0.25) is 0 Å². The van der Waals surface area contributed by atoms with Gasteiger partial charge < -0.3 is 4.74 Å². The molecule has 0 aromatic heterocycles. The fourth-order valence-corrected chi connectivity index (χ4v) is 2.46. The van der Waals surface area contributed by atoms with Crippen molar-refractivity contribution in [2.75, 3.05) is 13.2 Å². The zero-order valence-corrected chi connectivity index (χ0v) is 11.8. The molecule has 0 bridgehead atoms. The highest BCUT2D eigenvalue weighted by molar-refractivity contribution is 5.34. The van der Waals surface area contributed by atoms with Gasteiger partial charge in [-0.25, -0.2) is 0 Å². The van der Waals surface area contributed by atoms with Crippen molar-refractivity contribution in [1.29, 1.82) is 0 Å². The van der Waals surface area contributed by atoms with Gasteiger partial charge in [0.1, 0.15) is 0 Å². The first-order valence-electron chi connectivity index (χ1n) is 7.00. The Labute approximate surface area is 120 Å². The van der Waals surface area contributed by atoms with E-state index in [1.165, 1.54) is 11.1 Å².